The first-order valence-corrected chi connectivity index (χ1v) is 13.9. The fraction of sp³-hybridized carbons (Fsp3) is 0.900. The monoisotopic (exact) mass is 442 g/mol. The van der Waals surface area contributed by atoms with Gasteiger partial charge in [-0.05, 0) is 104 Å². The van der Waals surface area contributed by atoms with Gasteiger partial charge in [0, 0.05) is 6.92 Å². The molecule has 4 aliphatic carbocycles. The van der Waals surface area contributed by atoms with E-state index in [1.807, 2.05) is 5.57 Å². The lowest BCUT2D eigenvalue weighted by Gasteiger charge is -2.58. The molecule has 0 aromatic rings. The second-order valence-electron chi connectivity index (χ2n) is 13.3. The number of fused-ring (bicyclic) bond motifs is 5. The van der Waals surface area contributed by atoms with Crippen LogP contribution >= 0.6 is 0 Å². The summed E-state index contributed by atoms with van der Waals surface area (Å²) in [6, 6.07) is 0. The average molecular weight is 443 g/mol. The van der Waals surface area contributed by atoms with Gasteiger partial charge in [0.2, 0.25) is 0 Å². The Morgan fingerprint density at radius 2 is 1.69 bits per heavy atom. The van der Waals surface area contributed by atoms with Crippen molar-refractivity contribution in [3.63, 3.8) is 0 Å². The number of allylic oxidation sites excluding steroid dienone is 2. The number of carbonyl (C=O) groups is 1. The molecule has 0 amide bonds. The Morgan fingerprint density at radius 1 is 1.00 bits per heavy atom. The predicted molar refractivity (Wildman–Crippen MR) is 133 cm³/mol. The molecule has 2 heteroatoms. The third-order valence-electron chi connectivity index (χ3n) is 11.3. The highest BCUT2D eigenvalue weighted by Crippen LogP contribution is 2.67. The van der Waals surface area contributed by atoms with Crippen LogP contribution in [-0.4, -0.2) is 12.1 Å². The normalized spacial score (nSPS) is 43.0. The highest BCUT2D eigenvalue weighted by molar-refractivity contribution is 5.66. The van der Waals surface area contributed by atoms with E-state index >= 15 is 0 Å². The molecule has 0 N–H and O–H groups in total. The van der Waals surface area contributed by atoms with Gasteiger partial charge in [-0.3, -0.25) is 4.79 Å². The zero-order valence-electron chi connectivity index (χ0n) is 22.1. The zero-order chi connectivity index (χ0) is 23.3. The van der Waals surface area contributed by atoms with E-state index in [1.165, 1.54) is 51.4 Å². The largest absolute Gasteiger partial charge is 0.463 e. The lowest BCUT2D eigenvalue weighted by Crippen LogP contribution is -2.50. The third-order valence-corrected chi connectivity index (χ3v) is 11.3. The summed E-state index contributed by atoms with van der Waals surface area (Å²) >= 11 is 0. The summed E-state index contributed by atoms with van der Waals surface area (Å²) < 4.78 is 5.64. The first-order chi connectivity index (χ1) is 15.1. The molecule has 0 heterocycles. The van der Waals surface area contributed by atoms with E-state index in [0.717, 1.165) is 48.3 Å². The van der Waals surface area contributed by atoms with Gasteiger partial charge in [-0.2, -0.15) is 0 Å². The van der Waals surface area contributed by atoms with Crippen molar-refractivity contribution in [3.05, 3.63) is 11.6 Å². The van der Waals surface area contributed by atoms with Crippen molar-refractivity contribution in [2.75, 3.05) is 0 Å². The minimum atomic E-state index is -0.104. The molecule has 2 nitrogen and oxygen atoms in total. The van der Waals surface area contributed by atoms with Gasteiger partial charge in [0.1, 0.15) is 6.10 Å². The van der Waals surface area contributed by atoms with Gasteiger partial charge in [0.25, 0.3) is 0 Å². The number of hydrogen-bond donors (Lipinski definition) is 0. The topological polar surface area (TPSA) is 26.3 Å². The van der Waals surface area contributed by atoms with Gasteiger partial charge >= 0.3 is 5.97 Å². The molecule has 1 unspecified atom stereocenters. The number of esters is 1. The van der Waals surface area contributed by atoms with Gasteiger partial charge in [-0.1, -0.05) is 66.0 Å². The molecule has 0 aromatic heterocycles. The van der Waals surface area contributed by atoms with Crippen molar-refractivity contribution in [2.24, 2.45) is 52.3 Å². The molecule has 3 saturated carbocycles. The van der Waals surface area contributed by atoms with E-state index in [4.69, 9.17) is 4.74 Å². The first-order valence-electron chi connectivity index (χ1n) is 13.9. The fourth-order valence-electron chi connectivity index (χ4n) is 8.85. The number of rotatable bonds is 6. The van der Waals surface area contributed by atoms with Crippen LogP contribution in [0.5, 0.6) is 0 Å². The Morgan fingerprint density at radius 3 is 2.38 bits per heavy atom. The zero-order valence-corrected chi connectivity index (χ0v) is 22.1. The van der Waals surface area contributed by atoms with Gasteiger partial charge in [-0.25, -0.2) is 0 Å². The van der Waals surface area contributed by atoms with Crippen molar-refractivity contribution in [2.45, 2.75) is 119 Å². The molecular weight excluding hydrogens is 392 g/mol. The van der Waals surface area contributed by atoms with E-state index in [2.05, 4.69) is 47.6 Å². The minimum Gasteiger partial charge on any atom is -0.463 e. The smallest absolute Gasteiger partial charge is 0.302 e. The number of hydrogen-bond acceptors (Lipinski definition) is 2. The Labute approximate surface area is 198 Å². The maximum absolute atomic E-state index is 11.5. The maximum atomic E-state index is 11.5. The summed E-state index contributed by atoms with van der Waals surface area (Å²) in [5.74, 6) is 5.58. The van der Waals surface area contributed by atoms with E-state index in [9.17, 15) is 4.79 Å². The fourth-order valence-corrected chi connectivity index (χ4v) is 8.85. The minimum absolute atomic E-state index is 0.104. The van der Waals surface area contributed by atoms with Crippen LogP contribution in [0.3, 0.4) is 0 Å². The van der Waals surface area contributed by atoms with Gasteiger partial charge < -0.3 is 4.74 Å². The maximum Gasteiger partial charge on any atom is 0.302 e. The van der Waals surface area contributed by atoms with Crippen molar-refractivity contribution < 1.29 is 9.53 Å². The Kier molecular flexibility index (Phi) is 6.92. The molecule has 9 atom stereocenters. The van der Waals surface area contributed by atoms with Crippen molar-refractivity contribution in [1.82, 2.24) is 0 Å². The highest BCUT2D eigenvalue weighted by Gasteiger charge is 2.58. The first kappa shape index (κ1) is 24.3. The van der Waals surface area contributed by atoms with Crippen LogP contribution in [-0.2, 0) is 9.53 Å². The Hall–Kier alpha value is -0.790. The average Bonchev–Trinajstić information content (AvgIpc) is 3.08. The lowest BCUT2D eigenvalue weighted by atomic mass is 9.47. The molecule has 0 aromatic carbocycles. The molecule has 32 heavy (non-hydrogen) atoms. The molecule has 4 rings (SSSR count). The van der Waals surface area contributed by atoms with Crippen molar-refractivity contribution in [3.8, 4) is 0 Å². The van der Waals surface area contributed by atoms with Crippen LogP contribution < -0.4 is 0 Å². The van der Waals surface area contributed by atoms with Gasteiger partial charge in [0.05, 0.1) is 0 Å². The summed E-state index contributed by atoms with van der Waals surface area (Å²) in [6.07, 6.45) is 15.9. The van der Waals surface area contributed by atoms with Crippen LogP contribution in [0.1, 0.15) is 113 Å². The van der Waals surface area contributed by atoms with Gasteiger partial charge in [-0.15, -0.1) is 0 Å². The van der Waals surface area contributed by atoms with Crippen LogP contribution in [0, 0.1) is 52.3 Å². The van der Waals surface area contributed by atoms with Crippen molar-refractivity contribution >= 4 is 5.97 Å². The SMILES string of the molecule is CC(=O)O[C@H]1CC[C@@]2(C)C(CC=C3[C@@H]4CC[C@H]([C@H](C)CC[C@H](C)C(C)C)[C@@]4(C)CC[C@@H]32)C1. The van der Waals surface area contributed by atoms with Crippen LogP contribution in [0.15, 0.2) is 11.6 Å². The molecule has 3 fully saturated rings. The summed E-state index contributed by atoms with van der Waals surface area (Å²) in [4.78, 5) is 11.5. The summed E-state index contributed by atoms with van der Waals surface area (Å²) in [5, 5.41) is 0. The molecule has 182 valence electrons. The molecule has 0 spiro atoms. The molecular formula is C30H50O2. The van der Waals surface area contributed by atoms with Crippen LogP contribution in [0.25, 0.3) is 0 Å². The van der Waals surface area contributed by atoms with Crippen LogP contribution in [0.4, 0.5) is 0 Å². The molecule has 0 saturated heterocycles. The molecule has 4 aliphatic rings. The summed E-state index contributed by atoms with van der Waals surface area (Å²) in [6.45, 7) is 16.6. The van der Waals surface area contributed by atoms with Gasteiger partial charge in [0.15, 0.2) is 0 Å². The number of ether oxygens (including phenoxy) is 1. The second kappa shape index (κ2) is 9.10. The number of carbonyl (C=O) groups excluding carboxylic acids is 1. The van der Waals surface area contributed by atoms with E-state index in [-0.39, 0.29) is 12.1 Å². The Bertz CT molecular complexity index is 722. The molecule has 0 aliphatic heterocycles. The quantitative estimate of drug-likeness (QED) is 0.306. The summed E-state index contributed by atoms with van der Waals surface area (Å²) in [5.41, 5.74) is 2.79. The van der Waals surface area contributed by atoms with Crippen LogP contribution in [0.2, 0.25) is 0 Å². The molecule has 0 bridgehead atoms. The van der Waals surface area contributed by atoms with E-state index in [1.54, 1.807) is 6.92 Å². The molecule has 0 radical (unpaired) electrons. The third kappa shape index (κ3) is 4.22. The summed E-state index contributed by atoms with van der Waals surface area (Å²) in [7, 11) is 0. The standard InChI is InChI=1S/C30H50O2/c1-19(2)20(3)8-9-21(4)26-12-13-27-25-11-10-23-18-24(32-22(5)31)14-16-29(23,6)28(25)15-17-30(26,27)7/h11,19-21,23-24,26-28H,8-10,12-18H2,1-7H3/t20-,21+,23?,24-,26+,27-,28-,29-,30+/m0/s1. The Balaban J connectivity index is 1.47. The van der Waals surface area contributed by atoms with Crippen molar-refractivity contribution in [1.29, 1.82) is 0 Å². The lowest BCUT2D eigenvalue weighted by molar-refractivity contribution is -0.152. The van der Waals surface area contributed by atoms with E-state index in [0.29, 0.717) is 16.7 Å². The van der Waals surface area contributed by atoms with E-state index < -0.39 is 0 Å². The highest BCUT2D eigenvalue weighted by atomic mass is 16.5. The predicted octanol–water partition coefficient (Wildman–Crippen LogP) is 8.21. The second-order valence-corrected chi connectivity index (χ2v) is 13.3.